The van der Waals surface area contributed by atoms with E-state index < -0.39 is 0 Å². The van der Waals surface area contributed by atoms with Gasteiger partial charge in [0.2, 0.25) is 0 Å². The molecular formula is C54H36N2S. The molecule has 0 spiro atoms. The number of benzene rings is 10. The third kappa shape index (κ3) is 5.80. The van der Waals surface area contributed by atoms with E-state index in [1.165, 1.54) is 80.4 Å². The van der Waals surface area contributed by atoms with E-state index in [0.717, 1.165) is 22.7 Å². The minimum atomic E-state index is 1.03. The molecule has 0 aliphatic heterocycles. The van der Waals surface area contributed by atoms with Crippen LogP contribution >= 0.6 is 11.3 Å². The molecule has 11 aromatic rings. The Kier molecular flexibility index (Phi) is 8.04. The van der Waals surface area contributed by atoms with Crippen LogP contribution in [0.2, 0.25) is 0 Å². The monoisotopic (exact) mass is 744 g/mol. The first-order chi connectivity index (χ1) is 28.3. The van der Waals surface area contributed by atoms with Crippen LogP contribution in [0.5, 0.6) is 0 Å². The first kappa shape index (κ1) is 33.2. The summed E-state index contributed by atoms with van der Waals surface area (Å²) in [4.78, 5) is 2.40. The van der Waals surface area contributed by atoms with E-state index in [2.05, 4.69) is 223 Å². The molecule has 0 unspecified atom stereocenters. The van der Waals surface area contributed by atoms with E-state index in [9.17, 15) is 0 Å². The molecule has 0 saturated heterocycles. The summed E-state index contributed by atoms with van der Waals surface area (Å²) < 4.78 is 2.57. The van der Waals surface area contributed by atoms with Crippen LogP contribution in [0, 0.1) is 0 Å². The Morgan fingerprint density at radius 3 is 1.84 bits per heavy atom. The van der Waals surface area contributed by atoms with Gasteiger partial charge in [-0.2, -0.15) is 0 Å². The van der Waals surface area contributed by atoms with Gasteiger partial charge >= 0.3 is 0 Å². The second-order valence-corrected chi connectivity index (χ2v) is 15.6. The molecule has 0 bridgehead atoms. The van der Waals surface area contributed by atoms with Gasteiger partial charge in [0.15, 0.2) is 0 Å². The summed E-state index contributed by atoms with van der Waals surface area (Å²) in [5, 5.41) is 14.0. The number of hydrogen-bond acceptors (Lipinski definition) is 3. The molecular weight excluding hydrogens is 709 g/mol. The first-order valence-electron chi connectivity index (χ1n) is 19.4. The summed E-state index contributed by atoms with van der Waals surface area (Å²) in [5.74, 6) is 0. The second kappa shape index (κ2) is 13.8. The minimum absolute atomic E-state index is 1.03. The van der Waals surface area contributed by atoms with Crippen LogP contribution in [0.4, 0.5) is 28.4 Å². The average Bonchev–Trinajstić information content (AvgIpc) is 3.67. The van der Waals surface area contributed by atoms with Crippen LogP contribution in [0.3, 0.4) is 0 Å². The lowest BCUT2D eigenvalue weighted by atomic mass is 9.89. The van der Waals surface area contributed by atoms with Crippen LogP contribution in [0.1, 0.15) is 0 Å². The van der Waals surface area contributed by atoms with Gasteiger partial charge in [-0.25, -0.2) is 0 Å². The van der Waals surface area contributed by atoms with E-state index in [0.29, 0.717) is 0 Å². The fourth-order valence-corrected chi connectivity index (χ4v) is 9.75. The standard InChI is InChI=1S/C54H36N2S/c1-2-13-36(14-3-1)37-25-30-41(31-26-37)56(51-23-12-21-48-46-20-9-11-24-52(46)57-54(48)51)42-32-28-40(29-33-42)55-50-22-10-8-19-45(50)49-35-39-16-5-6-17-43(39)47-34-27-38-15-4-7-18-44(38)53(47)49/h1-35,55H. The number of thiophene rings is 1. The van der Waals surface area contributed by atoms with E-state index in [-0.39, 0.29) is 0 Å². The quantitative estimate of drug-likeness (QED) is 0.164. The number of nitrogens with zero attached hydrogens (tertiary/aromatic N) is 1. The maximum atomic E-state index is 3.83. The maximum absolute atomic E-state index is 3.83. The van der Waals surface area contributed by atoms with Gasteiger partial charge < -0.3 is 10.2 Å². The van der Waals surface area contributed by atoms with E-state index in [1.807, 2.05) is 11.3 Å². The van der Waals surface area contributed by atoms with Gasteiger partial charge in [-0.1, -0.05) is 152 Å². The van der Waals surface area contributed by atoms with E-state index >= 15 is 0 Å². The third-order valence-corrected chi connectivity index (χ3v) is 12.4. The zero-order chi connectivity index (χ0) is 37.7. The summed E-state index contributed by atoms with van der Waals surface area (Å²) >= 11 is 1.86. The Hall–Kier alpha value is -7.20. The average molecular weight is 745 g/mol. The van der Waals surface area contributed by atoms with Crippen LogP contribution in [0.25, 0.3) is 74.7 Å². The molecule has 1 N–H and O–H groups in total. The zero-order valence-corrected chi connectivity index (χ0v) is 31.9. The van der Waals surface area contributed by atoms with Crippen LogP contribution in [-0.4, -0.2) is 0 Å². The number of nitrogens with one attached hydrogen (secondary N) is 1. The fraction of sp³-hybridized carbons (Fsp3) is 0. The van der Waals surface area contributed by atoms with Gasteiger partial charge in [0.05, 0.1) is 10.4 Å². The lowest BCUT2D eigenvalue weighted by Gasteiger charge is -2.26. The van der Waals surface area contributed by atoms with Crippen molar-refractivity contribution < 1.29 is 0 Å². The largest absolute Gasteiger partial charge is 0.355 e. The van der Waals surface area contributed by atoms with Crippen molar-refractivity contribution in [2.24, 2.45) is 0 Å². The van der Waals surface area contributed by atoms with Gasteiger partial charge in [-0.3, -0.25) is 0 Å². The molecule has 3 heteroatoms. The van der Waals surface area contributed by atoms with Gasteiger partial charge in [0.25, 0.3) is 0 Å². The predicted octanol–water partition coefficient (Wildman–Crippen LogP) is 16.1. The molecule has 0 atom stereocenters. The van der Waals surface area contributed by atoms with Gasteiger partial charge in [-0.15, -0.1) is 11.3 Å². The third-order valence-electron chi connectivity index (χ3n) is 11.2. The van der Waals surface area contributed by atoms with Gasteiger partial charge in [-0.05, 0) is 110 Å². The summed E-state index contributed by atoms with van der Waals surface area (Å²) in [6.45, 7) is 0. The minimum Gasteiger partial charge on any atom is -0.355 e. The van der Waals surface area contributed by atoms with Gasteiger partial charge in [0, 0.05) is 43.8 Å². The van der Waals surface area contributed by atoms with Crippen LogP contribution in [-0.2, 0) is 0 Å². The Labute approximate surface area is 335 Å². The van der Waals surface area contributed by atoms with E-state index in [4.69, 9.17) is 0 Å². The fourth-order valence-electron chi connectivity index (χ4n) is 8.54. The van der Waals surface area contributed by atoms with Gasteiger partial charge in [0.1, 0.15) is 0 Å². The summed E-state index contributed by atoms with van der Waals surface area (Å²) in [7, 11) is 0. The maximum Gasteiger partial charge on any atom is 0.0640 e. The predicted molar refractivity (Wildman–Crippen MR) is 247 cm³/mol. The molecule has 10 aromatic carbocycles. The van der Waals surface area contributed by atoms with Crippen molar-refractivity contribution in [1.29, 1.82) is 0 Å². The van der Waals surface area contributed by atoms with Crippen molar-refractivity contribution in [3.63, 3.8) is 0 Å². The van der Waals surface area contributed by atoms with Crippen LogP contribution < -0.4 is 10.2 Å². The lowest BCUT2D eigenvalue weighted by Crippen LogP contribution is -2.10. The smallest absolute Gasteiger partial charge is 0.0640 e. The zero-order valence-electron chi connectivity index (χ0n) is 31.1. The molecule has 2 nitrogen and oxygen atoms in total. The molecule has 0 saturated carbocycles. The second-order valence-electron chi connectivity index (χ2n) is 14.6. The Morgan fingerprint density at radius 1 is 0.386 bits per heavy atom. The summed E-state index contributed by atoms with van der Waals surface area (Å²) in [6.07, 6.45) is 0. The molecule has 11 rings (SSSR count). The summed E-state index contributed by atoms with van der Waals surface area (Å²) in [6, 6.07) is 76.9. The first-order valence-corrected chi connectivity index (χ1v) is 20.2. The van der Waals surface area contributed by atoms with Crippen molar-refractivity contribution in [2.45, 2.75) is 0 Å². The highest BCUT2D eigenvalue weighted by atomic mass is 32.1. The Bertz CT molecular complexity index is 3250. The molecule has 0 aliphatic rings. The van der Waals surface area contributed by atoms with Crippen molar-refractivity contribution in [3.8, 4) is 22.3 Å². The molecule has 0 aliphatic carbocycles. The highest BCUT2D eigenvalue weighted by Crippen LogP contribution is 2.46. The molecule has 1 heterocycles. The Balaban J connectivity index is 1.01. The number of hydrogen-bond donors (Lipinski definition) is 1. The normalized spacial score (nSPS) is 11.5. The Morgan fingerprint density at radius 2 is 1.02 bits per heavy atom. The molecule has 0 fully saturated rings. The van der Waals surface area contributed by atoms with Crippen molar-refractivity contribution >= 4 is 92.3 Å². The molecule has 0 radical (unpaired) electrons. The van der Waals surface area contributed by atoms with Crippen molar-refractivity contribution in [2.75, 3.05) is 10.2 Å². The SMILES string of the molecule is c1ccc(-c2ccc(N(c3ccc(Nc4ccccc4-c4cc5ccccc5c5ccc6ccccc6c45)cc3)c3cccc4c3sc3ccccc34)cc2)cc1. The molecule has 0 amide bonds. The molecule has 1 aromatic heterocycles. The van der Waals surface area contributed by atoms with Crippen LogP contribution in [0.15, 0.2) is 212 Å². The number of anilines is 5. The number of fused-ring (bicyclic) bond motifs is 8. The highest BCUT2D eigenvalue weighted by molar-refractivity contribution is 7.26. The summed E-state index contributed by atoms with van der Waals surface area (Å²) in [5.41, 5.74) is 10.3. The molecule has 268 valence electrons. The topological polar surface area (TPSA) is 15.3 Å². The van der Waals surface area contributed by atoms with Crippen molar-refractivity contribution in [3.05, 3.63) is 212 Å². The number of rotatable bonds is 7. The molecule has 57 heavy (non-hydrogen) atoms. The lowest BCUT2D eigenvalue weighted by molar-refractivity contribution is 1.30. The number of para-hydroxylation sites is 1. The highest BCUT2D eigenvalue weighted by Gasteiger charge is 2.19. The van der Waals surface area contributed by atoms with Crippen molar-refractivity contribution in [1.82, 2.24) is 0 Å². The van der Waals surface area contributed by atoms with E-state index in [1.54, 1.807) is 0 Å².